The number of carbonyl (C=O) groups excluding carboxylic acids is 1. The second-order valence-electron chi connectivity index (χ2n) is 5.42. The number of anilines is 2. The fourth-order valence-electron chi connectivity index (χ4n) is 2.99. The minimum absolute atomic E-state index is 0.00506. The smallest absolute Gasteiger partial charge is 0.233 e. The zero-order valence-corrected chi connectivity index (χ0v) is 11.9. The molecule has 4 nitrogen and oxygen atoms in total. The lowest BCUT2D eigenvalue weighted by Crippen LogP contribution is -2.22. The van der Waals surface area contributed by atoms with Crippen molar-refractivity contribution >= 4 is 28.1 Å². The highest BCUT2D eigenvalue weighted by atomic mass is 16.1. The van der Waals surface area contributed by atoms with E-state index < -0.39 is 0 Å². The molecule has 2 N–H and O–H groups in total. The van der Waals surface area contributed by atoms with Gasteiger partial charge in [-0.2, -0.15) is 0 Å². The van der Waals surface area contributed by atoms with Crippen molar-refractivity contribution in [3.8, 4) is 0 Å². The first kappa shape index (κ1) is 12.8. The van der Waals surface area contributed by atoms with E-state index in [2.05, 4.69) is 33.8 Å². The third kappa shape index (κ3) is 2.09. The normalized spacial score (nSPS) is 16.1. The molecule has 22 heavy (non-hydrogen) atoms. The molecule has 0 spiro atoms. The standard InChI is InChI=1S/C18H15N3O/c22-18(21-13-5-3-9-19-10-13)16-11-20-17-14-6-2-1-4-12(14)7-8-15(16)17/h1-10,16,20H,11H2,(H,21,22). The van der Waals surface area contributed by atoms with Gasteiger partial charge in [0.25, 0.3) is 0 Å². The second-order valence-corrected chi connectivity index (χ2v) is 5.42. The number of amides is 1. The Bertz CT molecular complexity index is 845. The predicted octanol–water partition coefficient (Wildman–Crippen LogP) is 3.38. The molecule has 4 rings (SSSR count). The van der Waals surface area contributed by atoms with Crippen LogP contribution in [0.4, 0.5) is 11.4 Å². The zero-order valence-electron chi connectivity index (χ0n) is 11.9. The van der Waals surface area contributed by atoms with Gasteiger partial charge in [-0.1, -0.05) is 36.4 Å². The third-order valence-electron chi connectivity index (χ3n) is 4.07. The van der Waals surface area contributed by atoms with E-state index in [1.165, 1.54) is 5.39 Å². The summed E-state index contributed by atoms with van der Waals surface area (Å²) in [6, 6.07) is 16.0. The van der Waals surface area contributed by atoms with E-state index in [1.807, 2.05) is 30.3 Å². The molecule has 2 heterocycles. The number of nitrogens with zero attached hydrogens (tertiary/aromatic N) is 1. The molecule has 3 aromatic rings. The van der Waals surface area contributed by atoms with Crippen molar-refractivity contribution in [2.45, 2.75) is 5.92 Å². The summed E-state index contributed by atoms with van der Waals surface area (Å²) in [6.07, 6.45) is 3.34. The van der Waals surface area contributed by atoms with Crippen LogP contribution in [0.25, 0.3) is 10.8 Å². The Morgan fingerprint density at radius 1 is 1.14 bits per heavy atom. The molecule has 0 saturated heterocycles. The van der Waals surface area contributed by atoms with Gasteiger partial charge in [-0.05, 0) is 23.1 Å². The van der Waals surface area contributed by atoms with E-state index in [0.717, 1.165) is 22.3 Å². The maximum Gasteiger partial charge on any atom is 0.233 e. The highest BCUT2D eigenvalue weighted by Gasteiger charge is 2.29. The van der Waals surface area contributed by atoms with Gasteiger partial charge in [-0.15, -0.1) is 0 Å². The van der Waals surface area contributed by atoms with E-state index >= 15 is 0 Å². The van der Waals surface area contributed by atoms with Gasteiger partial charge in [-0.3, -0.25) is 9.78 Å². The molecule has 2 aromatic carbocycles. The fraction of sp³-hybridized carbons (Fsp3) is 0.111. The van der Waals surface area contributed by atoms with Gasteiger partial charge in [-0.25, -0.2) is 0 Å². The van der Waals surface area contributed by atoms with Crippen LogP contribution in [0.2, 0.25) is 0 Å². The Hall–Kier alpha value is -2.88. The number of nitrogens with one attached hydrogen (secondary N) is 2. The summed E-state index contributed by atoms with van der Waals surface area (Å²) in [5, 5.41) is 8.66. The van der Waals surface area contributed by atoms with Gasteiger partial charge in [0, 0.05) is 23.8 Å². The highest BCUT2D eigenvalue weighted by molar-refractivity contribution is 6.03. The van der Waals surface area contributed by atoms with Crippen molar-refractivity contribution in [1.29, 1.82) is 0 Å². The Kier molecular flexibility index (Phi) is 3.00. The fourth-order valence-corrected chi connectivity index (χ4v) is 2.99. The lowest BCUT2D eigenvalue weighted by atomic mass is 9.97. The molecule has 0 aliphatic carbocycles. The molecule has 0 bridgehead atoms. The van der Waals surface area contributed by atoms with Gasteiger partial charge in [0.15, 0.2) is 0 Å². The van der Waals surface area contributed by atoms with Gasteiger partial charge < -0.3 is 10.6 Å². The summed E-state index contributed by atoms with van der Waals surface area (Å²) in [5.41, 5.74) is 2.85. The number of hydrogen-bond acceptors (Lipinski definition) is 3. The lowest BCUT2D eigenvalue weighted by Gasteiger charge is -2.11. The highest BCUT2D eigenvalue weighted by Crippen LogP contribution is 2.37. The van der Waals surface area contributed by atoms with Crippen molar-refractivity contribution in [1.82, 2.24) is 4.98 Å². The summed E-state index contributed by atoms with van der Waals surface area (Å²) < 4.78 is 0. The molecule has 1 aromatic heterocycles. The van der Waals surface area contributed by atoms with Gasteiger partial charge >= 0.3 is 0 Å². The first-order chi connectivity index (χ1) is 10.8. The molecule has 1 atom stereocenters. The number of aromatic nitrogens is 1. The van der Waals surface area contributed by atoms with Crippen LogP contribution < -0.4 is 10.6 Å². The molecule has 0 fully saturated rings. The molecule has 0 saturated carbocycles. The number of fused-ring (bicyclic) bond motifs is 3. The number of carbonyl (C=O) groups is 1. The molecule has 1 aliphatic heterocycles. The van der Waals surface area contributed by atoms with Crippen LogP contribution in [0.3, 0.4) is 0 Å². The number of benzene rings is 2. The van der Waals surface area contributed by atoms with Crippen molar-refractivity contribution in [3.63, 3.8) is 0 Å². The molecular formula is C18H15N3O. The van der Waals surface area contributed by atoms with Crippen LogP contribution in [-0.2, 0) is 4.79 Å². The minimum Gasteiger partial charge on any atom is -0.383 e. The average molecular weight is 289 g/mol. The van der Waals surface area contributed by atoms with Gasteiger partial charge in [0.05, 0.1) is 17.8 Å². The van der Waals surface area contributed by atoms with E-state index in [4.69, 9.17) is 0 Å². The Labute approximate surface area is 128 Å². The Morgan fingerprint density at radius 3 is 2.91 bits per heavy atom. The van der Waals surface area contributed by atoms with Crippen LogP contribution in [0.1, 0.15) is 11.5 Å². The molecule has 1 aliphatic rings. The first-order valence-corrected chi connectivity index (χ1v) is 7.29. The first-order valence-electron chi connectivity index (χ1n) is 7.29. The molecule has 4 heteroatoms. The van der Waals surface area contributed by atoms with E-state index in [9.17, 15) is 4.79 Å². The summed E-state index contributed by atoms with van der Waals surface area (Å²) >= 11 is 0. The largest absolute Gasteiger partial charge is 0.383 e. The number of hydrogen-bond donors (Lipinski definition) is 2. The van der Waals surface area contributed by atoms with Crippen molar-refractivity contribution in [2.24, 2.45) is 0 Å². The van der Waals surface area contributed by atoms with Crippen molar-refractivity contribution in [2.75, 3.05) is 17.2 Å². The van der Waals surface area contributed by atoms with E-state index in [0.29, 0.717) is 6.54 Å². The van der Waals surface area contributed by atoms with E-state index in [-0.39, 0.29) is 11.8 Å². The van der Waals surface area contributed by atoms with Crippen LogP contribution >= 0.6 is 0 Å². The molecule has 0 radical (unpaired) electrons. The van der Waals surface area contributed by atoms with Crippen LogP contribution in [0.15, 0.2) is 60.9 Å². The van der Waals surface area contributed by atoms with Gasteiger partial charge in [0.1, 0.15) is 0 Å². The quantitative estimate of drug-likeness (QED) is 0.760. The summed E-state index contributed by atoms with van der Waals surface area (Å²) in [5.74, 6) is -0.186. The number of rotatable bonds is 2. The molecule has 1 amide bonds. The topological polar surface area (TPSA) is 54.0 Å². The summed E-state index contributed by atoms with van der Waals surface area (Å²) in [6.45, 7) is 0.620. The van der Waals surface area contributed by atoms with Crippen LogP contribution in [0.5, 0.6) is 0 Å². The van der Waals surface area contributed by atoms with Crippen molar-refractivity contribution < 1.29 is 4.79 Å². The van der Waals surface area contributed by atoms with E-state index in [1.54, 1.807) is 12.4 Å². The Morgan fingerprint density at radius 2 is 2.05 bits per heavy atom. The predicted molar refractivity (Wildman–Crippen MR) is 88.0 cm³/mol. The maximum absolute atomic E-state index is 12.5. The average Bonchev–Trinajstić information content (AvgIpc) is 3.00. The lowest BCUT2D eigenvalue weighted by molar-refractivity contribution is -0.117. The summed E-state index contributed by atoms with van der Waals surface area (Å²) in [7, 11) is 0. The minimum atomic E-state index is -0.181. The molecule has 1 unspecified atom stereocenters. The SMILES string of the molecule is O=C(Nc1cccnc1)C1CNc2c1ccc1ccccc21. The van der Waals surface area contributed by atoms with Crippen LogP contribution in [-0.4, -0.2) is 17.4 Å². The van der Waals surface area contributed by atoms with Gasteiger partial charge in [0.2, 0.25) is 5.91 Å². The Balaban J connectivity index is 1.67. The third-order valence-corrected chi connectivity index (χ3v) is 4.07. The zero-order chi connectivity index (χ0) is 14.9. The molecule has 108 valence electrons. The second kappa shape index (κ2) is 5.15. The van der Waals surface area contributed by atoms with Crippen LogP contribution in [0, 0.1) is 0 Å². The summed E-state index contributed by atoms with van der Waals surface area (Å²) in [4.78, 5) is 16.6. The number of pyridine rings is 1. The molecular weight excluding hydrogens is 274 g/mol. The van der Waals surface area contributed by atoms with Crippen molar-refractivity contribution in [3.05, 3.63) is 66.5 Å². The monoisotopic (exact) mass is 289 g/mol. The maximum atomic E-state index is 12.5.